The minimum atomic E-state index is -0.471. The quantitative estimate of drug-likeness (QED) is 0.426. The Bertz CT molecular complexity index is 985. The summed E-state index contributed by atoms with van der Waals surface area (Å²) in [6.07, 6.45) is 1.61. The maximum Gasteiger partial charge on any atom is 0.267 e. The molecule has 3 rings (SSSR count). The Morgan fingerprint density at radius 2 is 1.52 bits per heavy atom. The number of carbonyl (C=O) groups excluding carboxylic acids is 1. The number of amides is 1. The summed E-state index contributed by atoms with van der Waals surface area (Å²) in [6, 6.07) is 28.7. The van der Waals surface area contributed by atoms with Gasteiger partial charge in [0.05, 0.1) is 0 Å². The van der Waals surface area contributed by atoms with Crippen LogP contribution in [-0.4, -0.2) is 10.8 Å². The van der Waals surface area contributed by atoms with Crippen molar-refractivity contribution in [2.24, 2.45) is 0 Å². The third kappa shape index (κ3) is 6.24. The molecular formula is C24H20ClN3O. The minimum absolute atomic E-state index is 0.0248. The van der Waals surface area contributed by atoms with Crippen LogP contribution in [0.2, 0.25) is 5.02 Å². The van der Waals surface area contributed by atoms with Crippen LogP contribution >= 0.6 is 11.6 Å². The van der Waals surface area contributed by atoms with Gasteiger partial charge in [0.15, 0.2) is 0 Å². The number of hydrogen-bond donors (Lipinski definition) is 1. The van der Waals surface area contributed by atoms with Crippen LogP contribution in [0, 0.1) is 11.3 Å². The van der Waals surface area contributed by atoms with E-state index in [0.717, 1.165) is 11.1 Å². The molecule has 0 aliphatic rings. The van der Waals surface area contributed by atoms with E-state index in [0.29, 0.717) is 23.8 Å². The molecule has 0 saturated heterocycles. The van der Waals surface area contributed by atoms with E-state index in [4.69, 9.17) is 11.6 Å². The number of benzene rings is 3. The van der Waals surface area contributed by atoms with Gasteiger partial charge in [0, 0.05) is 30.0 Å². The zero-order chi connectivity index (χ0) is 20.5. The largest absolute Gasteiger partial charge is 0.367 e. The smallest absolute Gasteiger partial charge is 0.267 e. The predicted octanol–water partition coefficient (Wildman–Crippen LogP) is 5.39. The van der Waals surface area contributed by atoms with Gasteiger partial charge in [-0.3, -0.25) is 4.79 Å². The zero-order valence-electron chi connectivity index (χ0n) is 15.8. The molecule has 0 heterocycles. The van der Waals surface area contributed by atoms with Crippen LogP contribution in [0.4, 0.5) is 5.69 Å². The average molecular weight is 402 g/mol. The molecule has 0 fully saturated rings. The highest BCUT2D eigenvalue weighted by molar-refractivity contribution is 6.31. The van der Waals surface area contributed by atoms with E-state index in [-0.39, 0.29) is 5.57 Å². The second-order valence-corrected chi connectivity index (χ2v) is 6.93. The van der Waals surface area contributed by atoms with Crippen molar-refractivity contribution in [2.75, 3.05) is 5.32 Å². The van der Waals surface area contributed by atoms with Gasteiger partial charge in [-0.2, -0.15) is 5.26 Å². The standard InChI is InChI=1S/C24H20ClN3O/c25-22-12-7-13-23(14-22)27-24(29)21(15-26)18-28(16-19-8-3-1-4-9-19)17-20-10-5-2-6-11-20/h1-14,18H,16-17H2,(H,27,29)/b21-18-. The zero-order valence-corrected chi connectivity index (χ0v) is 16.5. The molecule has 1 N–H and O–H groups in total. The molecule has 4 nitrogen and oxygen atoms in total. The molecule has 0 spiro atoms. The molecule has 3 aromatic rings. The van der Waals surface area contributed by atoms with Crippen LogP contribution in [-0.2, 0) is 17.9 Å². The molecule has 0 bridgehead atoms. The fraction of sp³-hybridized carbons (Fsp3) is 0.0833. The lowest BCUT2D eigenvalue weighted by molar-refractivity contribution is -0.112. The number of nitriles is 1. The Balaban J connectivity index is 1.82. The lowest BCUT2D eigenvalue weighted by Crippen LogP contribution is -2.21. The Kier molecular flexibility index (Phi) is 7.05. The molecule has 3 aromatic carbocycles. The normalized spacial score (nSPS) is 10.8. The Labute approximate surface area is 175 Å². The van der Waals surface area contributed by atoms with Crippen LogP contribution in [0.5, 0.6) is 0 Å². The maximum atomic E-state index is 12.6. The van der Waals surface area contributed by atoms with Crippen LogP contribution in [0.15, 0.2) is 96.7 Å². The molecule has 0 atom stereocenters. The van der Waals surface area contributed by atoms with E-state index < -0.39 is 5.91 Å². The Hall–Kier alpha value is -3.55. The SMILES string of the molecule is N#C/C(=C/N(Cc1ccccc1)Cc1ccccc1)C(=O)Nc1cccc(Cl)c1. The van der Waals surface area contributed by atoms with Gasteiger partial charge in [-0.05, 0) is 29.3 Å². The fourth-order valence-electron chi connectivity index (χ4n) is 2.87. The first kappa shape index (κ1) is 20.2. The van der Waals surface area contributed by atoms with Crippen molar-refractivity contribution in [1.29, 1.82) is 5.26 Å². The molecule has 0 saturated carbocycles. The summed E-state index contributed by atoms with van der Waals surface area (Å²) in [5.74, 6) is -0.471. The number of nitrogens with zero attached hydrogens (tertiary/aromatic N) is 2. The Morgan fingerprint density at radius 3 is 2.03 bits per heavy atom. The summed E-state index contributed by atoms with van der Waals surface area (Å²) in [5.41, 5.74) is 2.75. The number of rotatable bonds is 7. The summed E-state index contributed by atoms with van der Waals surface area (Å²) >= 11 is 5.97. The molecule has 1 amide bonds. The maximum absolute atomic E-state index is 12.6. The third-order valence-electron chi connectivity index (χ3n) is 4.22. The van der Waals surface area contributed by atoms with Gasteiger partial charge in [-0.25, -0.2) is 0 Å². The van der Waals surface area contributed by atoms with Crippen molar-refractivity contribution in [3.05, 3.63) is 113 Å². The first-order valence-electron chi connectivity index (χ1n) is 9.15. The second-order valence-electron chi connectivity index (χ2n) is 6.50. The molecule has 144 valence electrons. The van der Waals surface area contributed by atoms with Gasteiger partial charge < -0.3 is 10.2 Å². The highest BCUT2D eigenvalue weighted by atomic mass is 35.5. The number of nitrogens with one attached hydrogen (secondary N) is 1. The van der Waals surface area contributed by atoms with Crippen molar-refractivity contribution in [3.8, 4) is 6.07 Å². The highest BCUT2D eigenvalue weighted by Gasteiger charge is 2.13. The van der Waals surface area contributed by atoms with Gasteiger partial charge in [0.2, 0.25) is 0 Å². The van der Waals surface area contributed by atoms with Crippen molar-refractivity contribution >= 4 is 23.2 Å². The molecule has 29 heavy (non-hydrogen) atoms. The van der Waals surface area contributed by atoms with Crippen molar-refractivity contribution in [1.82, 2.24) is 4.90 Å². The third-order valence-corrected chi connectivity index (χ3v) is 4.45. The van der Waals surface area contributed by atoms with Gasteiger partial charge in [0.25, 0.3) is 5.91 Å². The molecule has 0 aliphatic heterocycles. The van der Waals surface area contributed by atoms with Gasteiger partial charge >= 0.3 is 0 Å². The summed E-state index contributed by atoms with van der Waals surface area (Å²) < 4.78 is 0. The summed E-state index contributed by atoms with van der Waals surface area (Å²) in [5, 5.41) is 12.8. The monoisotopic (exact) mass is 401 g/mol. The number of carbonyl (C=O) groups is 1. The fourth-order valence-corrected chi connectivity index (χ4v) is 3.06. The average Bonchev–Trinajstić information content (AvgIpc) is 2.73. The van der Waals surface area contributed by atoms with E-state index in [1.54, 1.807) is 30.5 Å². The lowest BCUT2D eigenvalue weighted by Gasteiger charge is -2.21. The number of anilines is 1. The van der Waals surface area contributed by atoms with E-state index in [1.807, 2.05) is 71.6 Å². The van der Waals surface area contributed by atoms with Crippen LogP contribution < -0.4 is 5.32 Å². The molecule has 0 aliphatic carbocycles. The summed E-state index contributed by atoms with van der Waals surface area (Å²) in [7, 11) is 0. The van der Waals surface area contributed by atoms with Crippen molar-refractivity contribution in [3.63, 3.8) is 0 Å². The number of halogens is 1. The van der Waals surface area contributed by atoms with E-state index in [1.165, 1.54) is 0 Å². The van der Waals surface area contributed by atoms with Gasteiger partial charge in [-0.15, -0.1) is 0 Å². The van der Waals surface area contributed by atoms with E-state index in [9.17, 15) is 10.1 Å². The second kappa shape index (κ2) is 10.1. The first-order valence-corrected chi connectivity index (χ1v) is 9.52. The highest BCUT2D eigenvalue weighted by Crippen LogP contribution is 2.17. The van der Waals surface area contributed by atoms with Crippen molar-refractivity contribution in [2.45, 2.75) is 13.1 Å². The predicted molar refractivity (Wildman–Crippen MR) is 116 cm³/mol. The minimum Gasteiger partial charge on any atom is -0.367 e. The van der Waals surface area contributed by atoms with Crippen molar-refractivity contribution < 1.29 is 4.79 Å². The Morgan fingerprint density at radius 1 is 0.931 bits per heavy atom. The topological polar surface area (TPSA) is 56.1 Å². The lowest BCUT2D eigenvalue weighted by atomic mass is 10.1. The first-order chi connectivity index (χ1) is 14.1. The molecule has 0 radical (unpaired) electrons. The van der Waals surface area contributed by atoms with Gasteiger partial charge in [0.1, 0.15) is 11.6 Å². The van der Waals surface area contributed by atoms with E-state index in [2.05, 4.69) is 5.32 Å². The van der Waals surface area contributed by atoms with Crippen LogP contribution in [0.3, 0.4) is 0 Å². The van der Waals surface area contributed by atoms with Crippen LogP contribution in [0.1, 0.15) is 11.1 Å². The van der Waals surface area contributed by atoms with Gasteiger partial charge in [-0.1, -0.05) is 78.3 Å². The van der Waals surface area contributed by atoms with E-state index >= 15 is 0 Å². The molecular weight excluding hydrogens is 382 g/mol. The van der Waals surface area contributed by atoms with Crippen LogP contribution in [0.25, 0.3) is 0 Å². The summed E-state index contributed by atoms with van der Waals surface area (Å²) in [6.45, 7) is 1.15. The molecule has 5 heteroatoms. The summed E-state index contributed by atoms with van der Waals surface area (Å²) in [4.78, 5) is 14.6. The molecule has 0 aromatic heterocycles. The number of hydrogen-bond acceptors (Lipinski definition) is 3. The molecule has 0 unspecified atom stereocenters.